The number of aromatic nitrogens is 2. The van der Waals surface area contributed by atoms with E-state index >= 15 is 0 Å². The molecule has 1 N–H and O–H groups in total. The third kappa shape index (κ3) is 2.43. The molecule has 2 fully saturated rings. The molecule has 0 spiro atoms. The van der Waals surface area contributed by atoms with Gasteiger partial charge in [-0.25, -0.2) is 0 Å². The van der Waals surface area contributed by atoms with E-state index in [0.717, 1.165) is 24.2 Å². The maximum absolute atomic E-state index is 4.72. The Hall–Kier alpha value is -0.900. The van der Waals surface area contributed by atoms with Crippen LogP contribution in [-0.2, 0) is 6.54 Å². The molecule has 0 aliphatic heterocycles. The summed E-state index contributed by atoms with van der Waals surface area (Å²) in [5, 5.41) is 7.37. The molecule has 4 heteroatoms. The van der Waals surface area contributed by atoms with Crippen molar-refractivity contribution in [2.45, 2.75) is 51.1 Å². The molecule has 0 radical (unpaired) electrons. The van der Waals surface area contributed by atoms with Crippen molar-refractivity contribution < 1.29 is 4.52 Å². The minimum Gasteiger partial charge on any atom is -0.343 e. The van der Waals surface area contributed by atoms with Crippen LogP contribution in [0.5, 0.6) is 0 Å². The Kier molecular flexibility index (Phi) is 2.91. The summed E-state index contributed by atoms with van der Waals surface area (Å²) >= 11 is 0. The largest absolute Gasteiger partial charge is 0.343 e. The minimum absolute atomic E-state index is 0.665. The van der Waals surface area contributed by atoms with Gasteiger partial charge in [-0.15, -0.1) is 0 Å². The number of rotatable bonds is 4. The molecule has 88 valence electrons. The first kappa shape index (κ1) is 10.3. The Bertz CT molecular complexity index is 321. The summed E-state index contributed by atoms with van der Waals surface area (Å²) in [7, 11) is 0. The maximum Gasteiger partial charge on any atom is 0.213 e. The fourth-order valence-electron chi connectivity index (χ4n) is 2.91. The van der Waals surface area contributed by atoms with Gasteiger partial charge < -0.3 is 9.84 Å². The fourth-order valence-corrected chi connectivity index (χ4v) is 2.91. The molecule has 2 aliphatic carbocycles. The van der Waals surface area contributed by atoms with Crippen LogP contribution in [0, 0.1) is 11.8 Å². The summed E-state index contributed by atoms with van der Waals surface area (Å²) in [6, 6.07) is 0.665. The fraction of sp³-hybridized carbons (Fsp3) is 0.833. The third-order valence-corrected chi connectivity index (χ3v) is 3.96. The molecule has 1 aromatic heterocycles. The van der Waals surface area contributed by atoms with Gasteiger partial charge in [-0.3, -0.25) is 0 Å². The highest BCUT2D eigenvalue weighted by Crippen LogP contribution is 2.43. The Morgan fingerprint density at radius 2 is 2.19 bits per heavy atom. The van der Waals surface area contributed by atoms with Crippen molar-refractivity contribution in [3.05, 3.63) is 12.2 Å². The molecule has 2 unspecified atom stereocenters. The van der Waals surface area contributed by atoms with Crippen molar-refractivity contribution in [3.63, 3.8) is 0 Å². The molecular weight excluding hydrogens is 202 g/mol. The first-order chi connectivity index (χ1) is 7.92. The average molecular weight is 221 g/mol. The van der Waals surface area contributed by atoms with E-state index in [1.165, 1.54) is 44.9 Å². The second kappa shape index (κ2) is 4.53. The Labute approximate surface area is 95.8 Å². The van der Waals surface area contributed by atoms with Crippen LogP contribution in [-0.4, -0.2) is 16.2 Å². The van der Waals surface area contributed by atoms with Crippen molar-refractivity contribution in [1.82, 2.24) is 15.5 Å². The second-order valence-electron chi connectivity index (χ2n) is 5.19. The van der Waals surface area contributed by atoms with E-state index in [1.807, 2.05) is 0 Å². The topological polar surface area (TPSA) is 51.0 Å². The van der Waals surface area contributed by atoms with E-state index in [4.69, 9.17) is 4.52 Å². The molecule has 2 atom stereocenters. The van der Waals surface area contributed by atoms with Crippen LogP contribution in [0.3, 0.4) is 0 Å². The molecule has 0 aromatic carbocycles. The van der Waals surface area contributed by atoms with E-state index < -0.39 is 0 Å². The average Bonchev–Trinajstić information content (AvgIpc) is 3.05. The number of nitrogens with one attached hydrogen (secondary N) is 1. The lowest BCUT2D eigenvalue weighted by Crippen LogP contribution is -2.34. The molecule has 0 saturated heterocycles. The first-order valence-corrected chi connectivity index (χ1v) is 6.40. The molecule has 3 rings (SSSR count). The highest BCUT2D eigenvalue weighted by molar-refractivity contribution is 4.88. The normalized spacial score (nSPS) is 30.5. The number of hydrogen-bond donors (Lipinski definition) is 1. The molecular formula is C12H19N3O. The van der Waals surface area contributed by atoms with Crippen LogP contribution >= 0.6 is 0 Å². The summed E-state index contributed by atoms with van der Waals surface area (Å²) in [5.74, 6) is 2.81. The zero-order chi connectivity index (χ0) is 10.8. The van der Waals surface area contributed by atoms with Gasteiger partial charge in [0.15, 0.2) is 5.82 Å². The minimum atomic E-state index is 0.665. The number of hydrogen-bond acceptors (Lipinski definition) is 4. The van der Waals surface area contributed by atoms with Crippen LogP contribution in [0.1, 0.15) is 44.3 Å². The van der Waals surface area contributed by atoms with E-state index in [2.05, 4.69) is 15.5 Å². The van der Waals surface area contributed by atoms with E-state index in [1.54, 1.807) is 0 Å². The smallest absolute Gasteiger partial charge is 0.213 e. The standard InChI is InChI=1S/C12H19N3O/c1-2-10(9-4-5-9)6-11(3-1)13-7-12-14-8-16-15-12/h8-11,13H,1-7H2. The molecule has 2 saturated carbocycles. The van der Waals surface area contributed by atoms with Crippen LogP contribution in [0.4, 0.5) is 0 Å². The lowest BCUT2D eigenvalue weighted by molar-refractivity contribution is 0.258. The Morgan fingerprint density at radius 3 is 2.94 bits per heavy atom. The highest BCUT2D eigenvalue weighted by atomic mass is 16.5. The van der Waals surface area contributed by atoms with Gasteiger partial charge in [0.25, 0.3) is 0 Å². The van der Waals surface area contributed by atoms with Crippen LogP contribution in [0.25, 0.3) is 0 Å². The molecule has 0 amide bonds. The van der Waals surface area contributed by atoms with E-state index in [0.29, 0.717) is 6.04 Å². The van der Waals surface area contributed by atoms with Crippen LogP contribution in [0.2, 0.25) is 0 Å². The maximum atomic E-state index is 4.72. The monoisotopic (exact) mass is 221 g/mol. The molecule has 1 aromatic rings. The Balaban J connectivity index is 1.47. The van der Waals surface area contributed by atoms with Crippen LogP contribution in [0.15, 0.2) is 10.9 Å². The van der Waals surface area contributed by atoms with Gasteiger partial charge in [0.05, 0.1) is 6.54 Å². The second-order valence-corrected chi connectivity index (χ2v) is 5.19. The molecule has 4 nitrogen and oxygen atoms in total. The third-order valence-electron chi connectivity index (χ3n) is 3.96. The van der Waals surface area contributed by atoms with E-state index in [9.17, 15) is 0 Å². The first-order valence-electron chi connectivity index (χ1n) is 6.40. The van der Waals surface area contributed by atoms with Gasteiger partial charge in [-0.1, -0.05) is 18.0 Å². The molecule has 0 bridgehead atoms. The summed E-state index contributed by atoms with van der Waals surface area (Å²) in [6.07, 6.45) is 9.83. The van der Waals surface area contributed by atoms with Gasteiger partial charge in [0, 0.05) is 6.04 Å². The Morgan fingerprint density at radius 1 is 1.25 bits per heavy atom. The van der Waals surface area contributed by atoms with Crippen molar-refractivity contribution >= 4 is 0 Å². The summed E-state index contributed by atoms with van der Waals surface area (Å²) < 4.78 is 4.72. The lowest BCUT2D eigenvalue weighted by Gasteiger charge is -2.29. The molecule has 2 aliphatic rings. The highest BCUT2D eigenvalue weighted by Gasteiger charge is 2.34. The van der Waals surface area contributed by atoms with Gasteiger partial charge in [0.2, 0.25) is 6.39 Å². The quantitative estimate of drug-likeness (QED) is 0.846. The lowest BCUT2D eigenvalue weighted by atomic mass is 9.83. The van der Waals surface area contributed by atoms with Gasteiger partial charge in [-0.05, 0) is 37.5 Å². The zero-order valence-corrected chi connectivity index (χ0v) is 9.56. The van der Waals surface area contributed by atoms with Gasteiger partial charge in [0.1, 0.15) is 0 Å². The SMILES string of the molecule is c1nc(CNC2CCCC(C3CC3)C2)no1. The van der Waals surface area contributed by atoms with Crippen LogP contribution < -0.4 is 5.32 Å². The van der Waals surface area contributed by atoms with Crippen molar-refractivity contribution in [2.24, 2.45) is 11.8 Å². The van der Waals surface area contributed by atoms with Crippen molar-refractivity contribution in [1.29, 1.82) is 0 Å². The zero-order valence-electron chi connectivity index (χ0n) is 9.56. The summed E-state index contributed by atoms with van der Waals surface area (Å²) in [4.78, 5) is 4.03. The van der Waals surface area contributed by atoms with Gasteiger partial charge in [-0.2, -0.15) is 4.98 Å². The van der Waals surface area contributed by atoms with Gasteiger partial charge >= 0.3 is 0 Å². The molecule has 1 heterocycles. The predicted octanol–water partition coefficient (Wildman–Crippen LogP) is 2.13. The van der Waals surface area contributed by atoms with E-state index in [-0.39, 0.29) is 0 Å². The summed E-state index contributed by atoms with van der Waals surface area (Å²) in [6.45, 7) is 0.749. The molecule has 16 heavy (non-hydrogen) atoms. The predicted molar refractivity (Wildman–Crippen MR) is 59.6 cm³/mol. The van der Waals surface area contributed by atoms with Crippen molar-refractivity contribution in [3.8, 4) is 0 Å². The number of nitrogens with zero attached hydrogens (tertiary/aromatic N) is 2. The van der Waals surface area contributed by atoms with Crippen molar-refractivity contribution in [2.75, 3.05) is 0 Å². The summed E-state index contributed by atoms with van der Waals surface area (Å²) in [5.41, 5.74) is 0.